The summed E-state index contributed by atoms with van der Waals surface area (Å²) in [4.78, 5) is 3.01. The molecule has 29 heavy (non-hydrogen) atoms. The molecule has 0 aliphatic heterocycles. The summed E-state index contributed by atoms with van der Waals surface area (Å²) >= 11 is 0. The van der Waals surface area contributed by atoms with E-state index in [1.165, 1.54) is 5.56 Å². The van der Waals surface area contributed by atoms with Gasteiger partial charge in [0.1, 0.15) is 0 Å². The van der Waals surface area contributed by atoms with E-state index >= 15 is 0 Å². The lowest BCUT2D eigenvalue weighted by atomic mass is 9.85. The van der Waals surface area contributed by atoms with Crippen LogP contribution < -0.4 is 4.83 Å². The Kier molecular flexibility index (Phi) is 8.10. The third-order valence-corrected chi connectivity index (χ3v) is 7.16. The number of sulfonamides is 1. The summed E-state index contributed by atoms with van der Waals surface area (Å²) in [6.45, 7) is 16.3. The molecule has 162 valence electrons. The molecule has 1 aliphatic carbocycles. The average molecular weight is 419 g/mol. The zero-order valence-corrected chi connectivity index (χ0v) is 19.8. The van der Waals surface area contributed by atoms with Gasteiger partial charge in [-0.3, -0.25) is 0 Å². The van der Waals surface area contributed by atoms with E-state index in [1.807, 2.05) is 6.08 Å². The van der Waals surface area contributed by atoms with Gasteiger partial charge in [0.2, 0.25) is 0 Å². The van der Waals surface area contributed by atoms with Crippen molar-refractivity contribution in [1.29, 1.82) is 0 Å². The van der Waals surface area contributed by atoms with Gasteiger partial charge in [-0.15, -0.1) is 6.58 Å². The lowest BCUT2D eigenvalue weighted by Gasteiger charge is -2.24. The van der Waals surface area contributed by atoms with Crippen molar-refractivity contribution in [2.45, 2.75) is 96.3 Å². The third-order valence-electron chi connectivity index (χ3n) is 5.82. The molecular formula is C24H38N2O2S. The van der Waals surface area contributed by atoms with Crippen LogP contribution in [0, 0.1) is 5.92 Å². The number of allylic oxidation sites excluding steroid dienone is 1. The summed E-state index contributed by atoms with van der Waals surface area (Å²) < 4.78 is 26.9. The van der Waals surface area contributed by atoms with Crippen molar-refractivity contribution in [3.05, 3.63) is 41.5 Å². The minimum atomic E-state index is -3.76. The van der Waals surface area contributed by atoms with Crippen molar-refractivity contribution >= 4 is 15.7 Å². The van der Waals surface area contributed by atoms with Crippen LogP contribution in [-0.2, 0) is 10.0 Å². The maximum absolute atomic E-state index is 13.4. The van der Waals surface area contributed by atoms with Gasteiger partial charge < -0.3 is 0 Å². The van der Waals surface area contributed by atoms with Crippen molar-refractivity contribution in [3.63, 3.8) is 0 Å². The Morgan fingerprint density at radius 2 is 1.66 bits per heavy atom. The van der Waals surface area contributed by atoms with Crippen molar-refractivity contribution < 1.29 is 8.42 Å². The molecule has 2 rings (SSSR count). The van der Waals surface area contributed by atoms with Crippen LogP contribution in [0.25, 0.3) is 0 Å². The molecular weight excluding hydrogens is 380 g/mol. The molecule has 0 amide bonds. The molecule has 0 aromatic heterocycles. The lowest BCUT2D eigenvalue weighted by Crippen LogP contribution is -2.27. The largest absolute Gasteiger partial charge is 0.277 e. The van der Waals surface area contributed by atoms with Crippen molar-refractivity contribution in [2.24, 2.45) is 11.0 Å². The number of benzene rings is 1. The fourth-order valence-corrected chi connectivity index (χ4v) is 5.57. The summed E-state index contributed by atoms with van der Waals surface area (Å²) in [5.41, 5.74) is 3.88. The highest BCUT2D eigenvalue weighted by Gasteiger charge is 2.27. The standard InChI is InChI=1S/C24H38N2O2S/c1-8-11-19-12-9-10-13-23(19)25-26-29(27,28)24-21(17(4)5)14-20(16(2)3)15-22(24)18(6)7/h8,14-19,26H,1,9-13H2,2-7H3/b25-23+/t19-/m0/s1. The van der Waals surface area contributed by atoms with Crippen molar-refractivity contribution in [1.82, 2.24) is 4.83 Å². The van der Waals surface area contributed by atoms with Crippen LogP contribution in [0.1, 0.15) is 108 Å². The van der Waals surface area contributed by atoms with Crippen LogP contribution in [0.2, 0.25) is 0 Å². The Balaban J connectivity index is 2.52. The molecule has 0 unspecified atom stereocenters. The zero-order valence-electron chi connectivity index (χ0n) is 19.0. The Morgan fingerprint density at radius 1 is 1.07 bits per heavy atom. The molecule has 0 spiro atoms. The first-order valence-corrected chi connectivity index (χ1v) is 12.4. The summed E-state index contributed by atoms with van der Waals surface area (Å²) in [7, 11) is -3.76. The molecule has 0 bridgehead atoms. The lowest BCUT2D eigenvalue weighted by molar-refractivity contribution is 0.525. The van der Waals surface area contributed by atoms with E-state index in [0.29, 0.717) is 16.7 Å². The fraction of sp³-hybridized carbons (Fsp3) is 0.625. The van der Waals surface area contributed by atoms with Crippen LogP contribution in [-0.4, -0.2) is 14.1 Å². The topological polar surface area (TPSA) is 58.5 Å². The van der Waals surface area contributed by atoms with E-state index in [9.17, 15) is 8.42 Å². The monoisotopic (exact) mass is 418 g/mol. The Morgan fingerprint density at radius 3 is 2.14 bits per heavy atom. The normalized spacial score (nSPS) is 19.3. The van der Waals surface area contributed by atoms with Crippen LogP contribution >= 0.6 is 0 Å². The molecule has 1 N–H and O–H groups in total. The second kappa shape index (κ2) is 9.92. The average Bonchev–Trinajstić information content (AvgIpc) is 2.66. The fourth-order valence-electron chi connectivity index (χ4n) is 4.03. The highest BCUT2D eigenvalue weighted by Crippen LogP contribution is 2.35. The minimum Gasteiger partial charge on any atom is -0.200 e. The SMILES string of the molecule is C=CC[C@H]1CCCC/C1=N\NS(=O)(=O)c1c(C(C)C)cc(C(C)C)cc1C(C)C. The molecule has 1 fully saturated rings. The molecule has 0 radical (unpaired) electrons. The van der Waals surface area contributed by atoms with E-state index in [2.05, 4.69) is 70.2 Å². The molecule has 4 nitrogen and oxygen atoms in total. The first kappa shape index (κ1) is 23.7. The third kappa shape index (κ3) is 5.71. The maximum Gasteiger partial charge on any atom is 0.277 e. The van der Waals surface area contributed by atoms with E-state index in [1.54, 1.807) is 0 Å². The second-order valence-electron chi connectivity index (χ2n) is 9.16. The molecule has 1 aromatic carbocycles. The van der Waals surface area contributed by atoms with Gasteiger partial charge in [-0.2, -0.15) is 13.5 Å². The molecule has 1 aromatic rings. The first-order valence-electron chi connectivity index (χ1n) is 10.9. The van der Waals surface area contributed by atoms with E-state index in [-0.39, 0.29) is 11.8 Å². The van der Waals surface area contributed by atoms with Gasteiger partial charge >= 0.3 is 0 Å². The summed E-state index contributed by atoms with van der Waals surface area (Å²) in [6, 6.07) is 4.12. The van der Waals surface area contributed by atoms with Gasteiger partial charge in [0.25, 0.3) is 10.0 Å². The van der Waals surface area contributed by atoms with Gasteiger partial charge in [-0.25, -0.2) is 4.83 Å². The number of nitrogens with one attached hydrogen (secondary N) is 1. The highest BCUT2D eigenvalue weighted by atomic mass is 32.2. The van der Waals surface area contributed by atoms with Crippen molar-refractivity contribution in [2.75, 3.05) is 0 Å². The van der Waals surface area contributed by atoms with Gasteiger partial charge in [-0.1, -0.05) is 66.2 Å². The van der Waals surface area contributed by atoms with Crippen LogP contribution in [0.5, 0.6) is 0 Å². The van der Waals surface area contributed by atoms with Crippen LogP contribution in [0.3, 0.4) is 0 Å². The summed E-state index contributed by atoms with van der Waals surface area (Å²) in [5, 5.41) is 4.42. The number of hydrazone groups is 1. The molecule has 0 saturated heterocycles. The first-order chi connectivity index (χ1) is 13.6. The van der Waals surface area contributed by atoms with Gasteiger partial charge in [-0.05, 0) is 60.1 Å². The predicted molar refractivity (Wildman–Crippen MR) is 123 cm³/mol. The second-order valence-corrected chi connectivity index (χ2v) is 10.8. The molecule has 1 atom stereocenters. The molecule has 1 aliphatic rings. The highest BCUT2D eigenvalue weighted by molar-refractivity contribution is 7.89. The quantitative estimate of drug-likeness (QED) is 0.389. The smallest absolute Gasteiger partial charge is 0.200 e. The molecule has 1 saturated carbocycles. The van der Waals surface area contributed by atoms with E-state index < -0.39 is 10.0 Å². The van der Waals surface area contributed by atoms with E-state index in [4.69, 9.17) is 0 Å². The van der Waals surface area contributed by atoms with Crippen LogP contribution in [0.15, 0.2) is 34.8 Å². The molecule has 0 heterocycles. The zero-order chi connectivity index (χ0) is 21.8. The Labute approximate surface area is 177 Å². The minimum absolute atomic E-state index is 0.105. The number of hydrogen-bond acceptors (Lipinski definition) is 3. The Hall–Kier alpha value is -1.62. The number of hydrogen-bond donors (Lipinski definition) is 1. The predicted octanol–water partition coefficient (Wildman–Crippen LogP) is 6.46. The van der Waals surface area contributed by atoms with Gasteiger partial charge in [0.05, 0.1) is 4.90 Å². The number of rotatable bonds is 8. The van der Waals surface area contributed by atoms with Crippen molar-refractivity contribution in [3.8, 4) is 0 Å². The maximum atomic E-state index is 13.4. The van der Waals surface area contributed by atoms with Gasteiger partial charge in [0.15, 0.2) is 0 Å². The molecule has 5 heteroatoms. The van der Waals surface area contributed by atoms with Gasteiger partial charge in [0, 0.05) is 11.6 Å². The van der Waals surface area contributed by atoms with Crippen LogP contribution in [0.4, 0.5) is 0 Å². The Bertz CT molecular complexity index is 823. The number of nitrogens with zero attached hydrogens (tertiary/aromatic N) is 1. The van der Waals surface area contributed by atoms with E-state index in [0.717, 1.165) is 48.9 Å². The summed E-state index contributed by atoms with van der Waals surface area (Å²) in [5.74, 6) is 0.848. The summed E-state index contributed by atoms with van der Waals surface area (Å²) in [6.07, 6.45) is 6.86.